The molecule has 144 valence electrons. The van der Waals surface area contributed by atoms with Gasteiger partial charge >= 0.3 is 0 Å². The number of nitrogens with one attached hydrogen (secondary N) is 1. The van der Waals surface area contributed by atoms with Crippen LogP contribution in [-0.2, 0) is 9.47 Å². The topological polar surface area (TPSA) is 49.3 Å². The molecule has 0 saturated carbocycles. The zero-order valence-corrected chi connectivity index (χ0v) is 16.1. The second kappa shape index (κ2) is 9.74. The van der Waals surface area contributed by atoms with Gasteiger partial charge in [0.2, 0.25) is 0 Å². The van der Waals surface area contributed by atoms with Crippen molar-refractivity contribution in [3.8, 4) is 0 Å². The standard InChI is InChI=1S/C19H36N4O2/c1-3-8-22-9-7-16(14-22)13-21-19(20-4-2)23-10-12-25-18(15-23)17-6-5-11-24-17/h16-18H,3-15H2,1-2H3,(H,20,21). The van der Waals surface area contributed by atoms with E-state index in [0.717, 1.165) is 58.2 Å². The van der Waals surface area contributed by atoms with E-state index in [0.29, 0.717) is 5.92 Å². The average Bonchev–Trinajstić information content (AvgIpc) is 3.31. The van der Waals surface area contributed by atoms with E-state index >= 15 is 0 Å². The molecule has 0 spiro atoms. The Hall–Kier alpha value is -0.850. The van der Waals surface area contributed by atoms with Gasteiger partial charge in [0.05, 0.1) is 12.7 Å². The van der Waals surface area contributed by atoms with Gasteiger partial charge in [-0.2, -0.15) is 0 Å². The smallest absolute Gasteiger partial charge is 0.194 e. The molecule has 0 bridgehead atoms. The van der Waals surface area contributed by atoms with E-state index in [2.05, 4.69) is 29.0 Å². The van der Waals surface area contributed by atoms with Crippen LogP contribution in [0.4, 0.5) is 0 Å². The molecule has 1 N–H and O–H groups in total. The molecule has 3 rings (SSSR count). The second-order valence-corrected chi connectivity index (χ2v) is 7.56. The number of morpholine rings is 1. The summed E-state index contributed by atoms with van der Waals surface area (Å²) in [5.41, 5.74) is 0. The molecule has 3 saturated heterocycles. The molecule has 3 unspecified atom stereocenters. The van der Waals surface area contributed by atoms with Crippen LogP contribution in [0.3, 0.4) is 0 Å². The summed E-state index contributed by atoms with van der Waals surface area (Å²) in [7, 11) is 0. The van der Waals surface area contributed by atoms with Gasteiger partial charge in [0.15, 0.2) is 5.96 Å². The summed E-state index contributed by atoms with van der Waals surface area (Å²) in [5.74, 6) is 1.76. The Morgan fingerprint density at radius 2 is 1.96 bits per heavy atom. The van der Waals surface area contributed by atoms with Gasteiger partial charge in [-0.25, -0.2) is 0 Å². The molecule has 0 radical (unpaired) electrons. The highest BCUT2D eigenvalue weighted by Gasteiger charge is 2.32. The normalized spacial score (nSPS) is 31.7. The largest absolute Gasteiger partial charge is 0.375 e. The van der Waals surface area contributed by atoms with Gasteiger partial charge < -0.3 is 24.6 Å². The van der Waals surface area contributed by atoms with Gasteiger partial charge in [-0.05, 0) is 51.6 Å². The van der Waals surface area contributed by atoms with Crippen molar-refractivity contribution in [1.29, 1.82) is 0 Å². The van der Waals surface area contributed by atoms with Crippen LogP contribution in [0.25, 0.3) is 0 Å². The van der Waals surface area contributed by atoms with Gasteiger partial charge in [0.25, 0.3) is 0 Å². The predicted molar refractivity (Wildman–Crippen MR) is 101 cm³/mol. The van der Waals surface area contributed by atoms with Gasteiger partial charge in [0.1, 0.15) is 6.10 Å². The Bertz CT molecular complexity index is 426. The van der Waals surface area contributed by atoms with E-state index in [4.69, 9.17) is 14.5 Å². The molecule has 3 fully saturated rings. The van der Waals surface area contributed by atoms with Crippen molar-refractivity contribution in [2.75, 3.05) is 59.0 Å². The number of hydrogen-bond donors (Lipinski definition) is 1. The minimum atomic E-state index is 0.187. The number of hydrogen-bond acceptors (Lipinski definition) is 4. The Morgan fingerprint density at radius 3 is 2.72 bits per heavy atom. The molecule has 0 aromatic rings. The van der Waals surface area contributed by atoms with Crippen molar-refractivity contribution in [3.63, 3.8) is 0 Å². The zero-order chi connectivity index (χ0) is 17.5. The van der Waals surface area contributed by atoms with E-state index < -0.39 is 0 Å². The molecule has 0 aromatic carbocycles. The fourth-order valence-corrected chi connectivity index (χ4v) is 4.21. The number of ether oxygens (including phenoxy) is 2. The molecule has 0 amide bonds. The number of aliphatic imine (C=N–C) groups is 1. The van der Waals surface area contributed by atoms with E-state index in [1.807, 2.05) is 0 Å². The van der Waals surface area contributed by atoms with Crippen LogP contribution in [0, 0.1) is 5.92 Å². The first-order valence-corrected chi connectivity index (χ1v) is 10.3. The van der Waals surface area contributed by atoms with Crippen LogP contribution >= 0.6 is 0 Å². The summed E-state index contributed by atoms with van der Waals surface area (Å²) in [6, 6.07) is 0. The molecule has 0 aliphatic carbocycles. The molecule has 3 aliphatic rings. The Labute approximate surface area is 152 Å². The minimum Gasteiger partial charge on any atom is -0.375 e. The molecule has 6 heteroatoms. The Kier molecular flexibility index (Phi) is 7.37. The van der Waals surface area contributed by atoms with Gasteiger partial charge in [0, 0.05) is 39.3 Å². The number of likely N-dealkylation sites (tertiary alicyclic amines) is 1. The summed E-state index contributed by atoms with van der Waals surface area (Å²) in [5, 5.41) is 3.49. The maximum absolute atomic E-state index is 5.98. The molecular weight excluding hydrogens is 316 g/mol. The fraction of sp³-hybridized carbons (Fsp3) is 0.947. The molecular formula is C19H36N4O2. The summed E-state index contributed by atoms with van der Waals surface area (Å²) in [4.78, 5) is 9.93. The lowest BCUT2D eigenvalue weighted by atomic mass is 10.1. The average molecular weight is 353 g/mol. The van der Waals surface area contributed by atoms with Crippen molar-refractivity contribution in [3.05, 3.63) is 0 Å². The van der Waals surface area contributed by atoms with Gasteiger partial charge in [-0.15, -0.1) is 0 Å². The summed E-state index contributed by atoms with van der Waals surface area (Å²) in [6.45, 7) is 13.4. The lowest BCUT2D eigenvalue weighted by Crippen LogP contribution is -2.53. The first kappa shape index (κ1) is 18.9. The van der Waals surface area contributed by atoms with Crippen LogP contribution < -0.4 is 5.32 Å². The monoisotopic (exact) mass is 352 g/mol. The van der Waals surface area contributed by atoms with Crippen molar-refractivity contribution < 1.29 is 9.47 Å². The predicted octanol–water partition coefficient (Wildman–Crippen LogP) is 1.56. The summed E-state index contributed by atoms with van der Waals surface area (Å²) >= 11 is 0. The van der Waals surface area contributed by atoms with E-state index in [1.54, 1.807) is 0 Å². The van der Waals surface area contributed by atoms with Crippen molar-refractivity contribution in [2.24, 2.45) is 10.9 Å². The molecule has 3 atom stereocenters. The third-order valence-electron chi connectivity index (χ3n) is 5.52. The number of rotatable bonds is 6. The highest BCUT2D eigenvalue weighted by molar-refractivity contribution is 5.80. The maximum Gasteiger partial charge on any atom is 0.194 e. The van der Waals surface area contributed by atoms with Crippen LogP contribution in [0.5, 0.6) is 0 Å². The first-order chi connectivity index (χ1) is 12.3. The van der Waals surface area contributed by atoms with E-state index in [9.17, 15) is 0 Å². The van der Waals surface area contributed by atoms with E-state index in [-0.39, 0.29) is 12.2 Å². The van der Waals surface area contributed by atoms with E-state index in [1.165, 1.54) is 32.5 Å². The van der Waals surface area contributed by atoms with Crippen LogP contribution in [0.15, 0.2) is 4.99 Å². The third-order valence-corrected chi connectivity index (χ3v) is 5.52. The summed E-state index contributed by atoms with van der Waals surface area (Å²) < 4.78 is 11.8. The van der Waals surface area contributed by atoms with Gasteiger partial charge in [-0.3, -0.25) is 4.99 Å². The lowest BCUT2D eigenvalue weighted by Gasteiger charge is -2.37. The van der Waals surface area contributed by atoms with Gasteiger partial charge in [-0.1, -0.05) is 6.92 Å². The summed E-state index contributed by atoms with van der Waals surface area (Å²) in [6.07, 6.45) is 5.27. The number of guanidine groups is 1. The molecule has 25 heavy (non-hydrogen) atoms. The first-order valence-electron chi connectivity index (χ1n) is 10.3. The zero-order valence-electron chi connectivity index (χ0n) is 16.1. The van der Waals surface area contributed by atoms with Crippen molar-refractivity contribution >= 4 is 5.96 Å². The van der Waals surface area contributed by atoms with Crippen molar-refractivity contribution in [1.82, 2.24) is 15.1 Å². The third kappa shape index (κ3) is 5.31. The van der Waals surface area contributed by atoms with Crippen molar-refractivity contribution in [2.45, 2.75) is 51.7 Å². The second-order valence-electron chi connectivity index (χ2n) is 7.56. The number of nitrogens with zero attached hydrogens (tertiary/aromatic N) is 3. The van der Waals surface area contributed by atoms with Crippen LogP contribution in [-0.4, -0.2) is 87.0 Å². The highest BCUT2D eigenvalue weighted by atomic mass is 16.5. The Balaban J connectivity index is 1.54. The highest BCUT2D eigenvalue weighted by Crippen LogP contribution is 2.21. The Morgan fingerprint density at radius 1 is 1.08 bits per heavy atom. The van der Waals surface area contributed by atoms with Crippen LogP contribution in [0.2, 0.25) is 0 Å². The quantitative estimate of drug-likeness (QED) is 0.581. The SMILES string of the molecule is CCCN1CCC(CN=C(NCC)N2CCOC(C3CCCO3)C2)C1. The molecule has 6 nitrogen and oxygen atoms in total. The maximum atomic E-state index is 5.98. The van der Waals surface area contributed by atoms with Crippen LogP contribution in [0.1, 0.15) is 39.5 Å². The fourth-order valence-electron chi connectivity index (χ4n) is 4.21. The molecule has 3 aliphatic heterocycles. The minimum absolute atomic E-state index is 0.187. The lowest BCUT2D eigenvalue weighted by molar-refractivity contribution is -0.0817. The molecule has 0 aromatic heterocycles. The molecule has 3 heterocycles.